The highest BCUT2D eigenvalue weighted by molar-refractivity contribution is 5.79. The fourth-order valence-electron chi connectivity index (χ4n) is 10.1. The Morgan fingerprint density at radius 3 is 1.54 bits per heavy atom. The van der Waals surface area contributed by atoms with Crippen molar-refractivity contribution in [3.8, 4) is 0 Å². The van der Waals surface area contributed by atoms with Crippen LogP contribution >= 0.6 is 0 Å². The van der Waals surface area contributed by atoms with E-state index in [1.807, 2.05) is 0 Å². The lowest BCUT2D eigenvalue weighted by molar-refractivity contribution is -0.173. The van der Waals surface area contributed by atoms with Crippen molar-refractivity contribution in [3.05, 3.63) is 0 Å². The predicted octanol–water partition coefficient (Wildman–Crippen LogP) is 6.08. The highest BCUT2D eigenvalue weighted by Gasteiger charge is 2.56. The third kappa shape index (κ3) is 2.97. The summed E-state index contributed by atoms with van der Waals surface area (Å²) in [5.41, 5.74) is -1.55. The van der Waals surface area contributed by atoms with Gasteiger partial charge in [-0.2, -0.15) is 0 Å². The van der Waals surface area contributed by atoms with E-state index in [2.05, 4.69) is 0 Å². The summed E-state index contributed by atoms with van der Waals surface area (Å²) in [6.45, 7) is 2.00. The van der Waals surface area contributed by atoms with Crippen molar-refractivity contribution in [2.75, 3.05) is 6.61 Å². The maximum absolute atomic E-state index is 15.7. The SMILES string of the molecule is CC(F)(CC12CC3CC(CC(C3)C1)C2)C(=O)OCC12CC3CC(CC(C3)C1)C2. The molecule has 0 radical (unpaired) electrons. The minimum atomic E-state index is -1.81. The average molecular weight is 389 g/mol. The smallest absolute Gasteiger partial charge is 0.343 e. The van der Waals surface area contributed by atoms with Gasteiger partial charge in [-0.3, -0.25) is 0 Å². The Balaban J connectivity index is 1.11. The number of rotatable bonds is 5. The van der Waals surface area contributed by atoms with Gasteiger partial charge in [0.25, 0.3) is 0 Å². The largest absolute Gasteiger partial charge is 0.463 e. The Morgan fingerprint density at radius 1 is 0.786 bits per heavy atom. The first-order valence-electron chi connectivity index (χ1n) is 12.2. The van der Waals surface area contributed by atoms with Crippen molar-refractivity contribution in [1.82, 2.24) is 0 Å². The molecule has 8 rings (SSSR count). The molecule has 8 aliphatic rings. The Bertz CT molecular complexity index is 595. The topological polar surface area (TPSA) is 26.3 Å². The highest BCUT2D eigenvalue weighted by Crippen LogP contribution is 2.63. The standard InChI is InChI=1S/C25H37FO2/c1-23(26,14-24-8-16-2-17(9-24)4-18(3-16)10-24)22(27)28-15-25-11-19-5-20(12-25)7-21(6-19)13-25/h16-21H,2-15H2,1H3. The van der Waals surface area contributed by atoms with Crippen LogP contribution in [0, 0.1) is 46.3 Å². The third-order valence-electron chi connectivity index (χ3n) is 9.97. The highest BCUT2D eigenvalue weighted by atomic mass is 19.1. The predicted molar refractivity (Wildman–Crippen MR) is 106 cm³/mol. The molecule has 0 aliphatic heterocycles. The molecule has 1 atom stereocenters. The van der Waals surface area contributed by atoms with Gasteiger partial charge in [0.1, 0.15) is 0 Å². The van der Waals surface area contributed by atoms with Gasteiger partial charge >= 0.3 is 5.97 Å². The van der Waals surface area contributed by atoms with Gasteiger partial charge in [-0.15, -0.1) is 0 Å². The van der Waals surface area contributed by atoms with Crippen LogP contribution in [0.3, 0.4) is 0 Å². The molecular formula is C25H37FO2. The summed E-state index contributed by atoms with van der Waals surface area (Å²) in [5.74, 6) is 4.36. The van der Waals surface area contributed by atoms with Crippen LogP contribution in [0.4, 0.5) is 4.39 Å². The van der Waals surface area contributed by atoms with Crippen LogP contribution in [0.5, 0.6) is 0 Å². The Labute approximate surface area is 169 Å². The molecule has 0 spiro atoms. The van der Waals surface area contributed by atoms with Gasteiger partial charge in [0, 0.05) is 5.41 Å². The molecule has 0 aromatic heterocycles. The molecule has 1 unspecified atom stereocenters. The maximum Gasteiger partial charge on any atom is 0.343 e. The van der Waals surface area contributed by atoms with Crippen LogP contribution in [0.1, 0.15) is 90.4 Å². The molecule has 2 nitrogen and oxygen atoms in total. The molecule has 0 aromatic carbocycles. The maximum atomic E-state index is 15.7. The average Bonchev–Trinajstić information content (AvgIpc) is 2.56. The molecule has 156 valence electrons. The first kappa shape index (κ1) is 18.2. The van der Waals surface area contributed by atoms with E-state index in [4.69, 9.17) is 4.74 Å². The summed E-state index contributed by atoms with van der Waals surface area (Å²) in [4.78, 5) is 12.9. The molecule has 0 amide bonds. The van der Waals surface area contributed by atoms with E-state index < -0.39 is 11.6 Å². The Kier molecular flexibility index (Phi) is 3.88. The number of carbonyl (C=O) groups is 1. The quantitative estimate of drug-likeness (QED) is 0.533. The van der Waals surface area contributed by atoms with E-state index in [9.17, 15) is 4.79 Å². The van der Waals surface area contributed by atoms with Crippen LogP contribution < -0.4 is 0 Å². The number of hydrogen-bond donors (Lipinski definition) is 0. The zero-order valence-corrected chi connectivity index (χ0v) is 17.6. The third-order valence-corrected chi connectivity index (χ3v) is 9.97. The fourth-order valence-corrected chi connectivity index (χ4v) is 10.1. The molecule has 0 aromatic rings. The van der Waals surface area contributed by atoms with E-state index >= 15 is 4.39 Å². The number of carbonyl (C=O) groups excluding carboxylic acids is 1. The molecule has 8 saturated carbocycles. The van der Waals surface area contributed by atoms with E-state index in [0.717, 1.165) is 54.8 Å². The number of ether oxygens (including phenoxy) is 1. The molecule has 0 N–H and O–H groups in total. The minimum absolute atomic E-state index is 0.0813. The van der Waals surface area contributed by atoms with Gasteiger partial charge in [0.2, 0.25) is 5.67 Å². The van der Waals surface area contributed by atoms with E-state index in [-0.39, 0.29) is 10.8 Å². The number of esters is 1. The zero-order valence-electron chi connectivity index (χ0n) is 17.6. The Hall–Kier alpha value is -0.600. The van der Waals surface area contributed by atoms with Gasteiger partial charge in [-0.05, 0) is 131 Å². The normalized spacial score (nSPS) is 52.6. The molecule has 28 heavy (non-hydrogen) atoms. The summed E-state index contributed by atoms with van der Waals surface area (Å²) < 4.78 is 21.5. The molecule has 8 aliphatic carbocycles. The monoisotopic (exact) mass is 388 g/mol. The van der Waals surface area contributed by atoms with Crippen LogP contribution in [-0.4, -0.2) is 18.2 Å². The molecule has 0 heterocycles. The Morgan fingerprint density at radius 2 is 1.14 bits per heavy atom. The second-order valence-corrected chi connectivity index (χ2v) is 12.8. The summed E-state index contributed by atoms with van der Waals surface area (Å²) in [6, 6.07) is 0. The van der Waals surface area contributed by atoms with E-state index in [1.54, 1.807) is 0 Å². The van der Waals surface area contributed by atoms with E-state index in [0.29, 0.717) is 13.0 Å². The molecular weight excluding hydrogens is 351 g/mol. The summed E-state index contributed by atoms with van der Waals surface area (Å²) in [7, 11) is 0. The lowest BCUT2D eigenvalue weighted by atomic mass is 9.48. The first-order valence-corrected chi connectivity index (χ1v) is 12.2. The van der Waals surface area contributed by atoms with Crippen molar-refractivity contribution >= 4 is 5.97 Å². The van der Waals surface area contributed by atoms with Gasteiger partial charge in [0.15, 0.2) is 0 Å². The van der Waals surface area contributed by atoms with Crippen molar-refractivity contribution < 1.29 is 13.9 Å². The summed E-state index contributed by atoms with van der Waals surface area (Å²) in [6.07, 6.45) is 15.8. The van der Waals surface area contributed by atoms with Crippen LogP contribution in [0.25, 0.3) is 0 Å². The van der Waals surface area contributed by atoms with Gasteiger partial charge < -0.3 is 4.74 Å². The minimum Gasteiger partial charge on any atom is -0.463 e. The molecule has 8 fully saturated rings. The molecule has 8 bridgehead atoms. The van der Waals surface area contributed by atoms with Crippen molar-refractivity contribution in [2.24, 2.45) is 46.3 Å². The lowest BCUT2D eigenvalue weighted by Crippen LogP contribution is -2.51. The van der Waals surface area contributed by atoms with Crippen molar-refractivity contribution in [1.29, 1.82) is 0 Å². The summed E-state index contributed by atoms with van der Waals surface area (Å²) >= 11 is 0. The van der Waals surface area contributed by atoms with Gasteiger partial charge in [-0.1, -0.05) is 0 Å². The fraction of sp³-hybridized carbons (Fsp3) is 0.960. The van der Waals surface area contributed by atoms with Crippen LogP contribution in [-0.2, 0) is 9.53 Å². The molecule has 3 heteroatoms. The number of halogens is 1. The molecule has 0 saturated heterocycles. The second-order valence-electron chi connectivity index (χ2n) is 12.8. The van der Waals surface area contributed by atoms with Gasteiger partial charge in [-0.25, -0.2) is 9.18 Å². The zero-order chi connectivity index (χ0) is 19.1. The summed E-state index contributed by atoms with van der Waals surface area (Å²) in [5, 5.41) is 0. The van der Waals surface area contributed by atoms with Crippen LogP contribution in [0.2, 0.25) is 0 Å². The lowest BCUT2D eigenvalue weighted by Gasteiger charge is -2.58. The first-order chi connectivity index (χ1) is 13.3. The van der Waals surface area contributed by atoms with Gasteiger partial charge in [0.05, 0.1) is 6.61 Å². The van der Waals surface area contributed by atoms with E-state index in [1.165, 1.54) is 64.7 Å². The number of hydrogen-bond acceptors (Lipinski definition) is 2. The van der Waals surface area contributed by atoms with Crippen LogP contribution in [0.15, 0.2) is 0 Å². The van der Waals surface area contributed by atoms with Crippen molar-refractivity contribution in [2.45, 2.75) is 96.1 Å². The van der Waals surface area contributed by atoms with Crippen molar-refractivity contribution in [3.63, 3.8) is 0 Å². The number of alkyl halides is 1. The second kappa shape index (κ2) is 5.97.